The minimum Gasteiger partial charge on any atom is -0.451 e. The molecule has 0 bridgehead atoms. The third kappa shape index (κ3) is 6.33. The summed E-state index contributed by atoms with van der Waals surface area (Å²) in [6.45, 7) is 6.07. The van der Waals surface area contributed by atoms with Gasteiger partial charge in [-0.2, -0.15) is 0 Å². The third-order valence-corrected chi connectivity index (χ3v) is 4.17. The van der Waals surface area contributed by atoms with Crippen LogP contribution >= 0.6 is 0 Å². The summed E-state index contributed by atoms with van der Waals surface area (Å²) < 4.78 is 11.5. The van der Waals surface area contributed by atoms with Crippen molar-refractivity contribution in [1.82, 2.24) is 4.90 Å². The zero-order chi connectivity index (χ0) is 18.1. The van der Waals surface area contributed by atoms with Crippen molar-refractivity contribution in [2.24, 2.45) is 0 Å². The first-order valence-corrected chi connectivity index (χ1v) is 8.67. The van der Waals surface area contributed by atoms with Crippen LogP contribution in [0.1, 0.15) is 35.9 Å². The summed E-state index contributed by atoms with van der Waals surface area (Å²) in [5.41, 5.74) is 1.48. The lowest BCUT2D eigenvalue weighted by Gasteiger charge is -2.22. The highest BCUT2D eigenvalue weighted by Gasteiger charge is 2.18. The second kappa shape index (κ2) is 9.97. The Hall–Kier alpha value is -2.17. The number of rotatable bonds is 9. The fourth-order valence-electron chi connectivity index (χ4n) is 2.29. The topological polar surface area (TPSA) is 38.8 Å². The first kappa shape index (κ1) is 19.2. The summed E-state index contributed by atoms with van der Waals surface area (Å²) in [4.78, 5) is 14.6. The Kier molecular flexibility index (Phi) is 7.64. The fourth-order valence-corrected chi connectivity index (χ4v) is 2.29. The maximum Gasteiger partial charge on any atom is 0.338 e. The van der Waals surface area contributed by atoms with E-state index < -0.39 is 6.10 Å². The summed E-state index contributed by atoms with van der Waals surface area (Å²) in [7, 11) is 2.07. The van der Waals surface area contributed by atoms with Crippen LogP contribution in [0.15, 0.2) is 60.7 Å². The summed E-state index contributed by atoms with van der Waals surface area (Å²) >= 11 is 0. The van der Waals surface area contributed by atoms with Crippen LogP contribution in [0.5, 0.6) is 0 Å². The van der Waals surface area contributed by atoms with Gasteiger partial charge in [-0.15, -0.1) is 0 Å². The van der Waals surface area contributed by atoms with Crippen LogP contribution in [-0.2, 0) is 9.47 Å². The van der Waals surface area contributed by atoms with E-state index in [0.717, 1.165) is 12.1 Å². The molecule has 1 unspecified atom stereocenters. The van der Waals surface area contributed by atoms with Gasteiger partial charge in [-0.3, -0.25) is 0 Å². The van der Waals surface area contributed by atoms with Gasteiger partial charge in [0.1, 0.15) is 0 Å². The Balaban J connectivity index is 1.96. The minimum absolute atomic E-state index is 0.336. The number of benzene rings is 2. The molecule has 0 aliphatic heterocycles. The first-order chi connectivity index (χ1) is 12.1. The van der Waals surface area contributed by atoms with Crippen LogP contribution < -0.4 is 0 Å². The number of hydrogen-bond acceptors (Lipinski definition) is 4. The van der Waals surface area contributed by atoms with Crippen molar-refractivity contribution in [3.63, 3.8) is 0 Å². The van der Waals surface area contributed by atoms with Gasteiger partial charge in [0.15, 0.2) is 6.10 Å². The van der Waals surface area contributed by atoms with Crippen molar-refractivity contribution in [2.45, 2.75) is 26.0 Å². The van der Waals surface area contributed by atoms with E-state index in [2.05, 4.69) is 25.8 Å². The van der Waals surface area contributed by atoms with E-state index in [1.165, 1.54) is 0 Å². The minimum atomic E-state index is -0.418. The molecule has 0 saturated heterocycles. The smallest absolute Gasteiger partial charge is 0.338 e. The normalized spacial score (nSPS) is 12.4. The molecule has 4 nitrogen and oxygen atoms in total. The molecule has 2 aromatic rings. The van der Waals surface area contributed by atoms with Gasteiger partial charge in [0.05, 0.1) is 18.8 Å². The monoisotopic (exact) mass is 341 g/mol. The van der Waals surface area contributed by atoms with E-state index in [4.69, 9.17) is 9.47 Å². The standard InChI is InChI=1S/C21H27NO3/c1-17(2)22(3)14-15-24-16-20(18-10-6-4-7-11-18)25-21(23)19-12-8-5-9-13-19/h4-13,17,20H,14-16H2,1-3H3. The first-order valence-electron chi connectivity index (χ1n) is 8.67. The Bertz CT molecular complexity index is 628. The van der Waals surface area contributed by atoms with E-state index in [1.54, 1.807) is 12.1 Å². The second-order valence-corrected chi connectivity index (χ2v) is 6.32. The highest BCUT2D eigenvalue weighted by atomic mass is 16.6. The molecule has 0 aliphatic rings. The molecule has 1 atom stereocenters. The number of ether oxygens (including phenoxy) is 2. The summed E-state index contributed by atoms with van der Waals surface area (Å²) in [6, 6.07) is 19.2. The molecule has 134 valence electrons. The van der Waals surface area contributed by atoms with Gasteiger partial charge in [0.2, 0.25) is 0 Å². The lowest BCUT2D eigenvalue weighted by Crippen LogP contribution is -2.30. The molecule has 0 aromatic heterocycles. The van der Waals surface area contributed by atoms with Gasteiger partial charge in [-0.25, -0.2) is 4.79 Å². The molecule has 0 spiro atoms. The van der Waals surface area contributed by atoms with Crippen LogP contribution in [-0.4, -0.2) is 43.7 Å². The molecule has 0 N–H and O–H groups in total. The van der Waals surface area contributed by atoms with Crippen molar-refractivity contribution in [3.8, 4) is 0 Å². The lowest BCUT2D eigenvalue weighted by atomic mass is 10.1. The van der Waals surface area contributed by atoms with Gasteiger partial charge < -0.3 is 14.4 Å². The molecule has 0 fully saturated rings. The quantitative estimate of drug-likeness (QED) is 0.511. The molecule has 2 rings (SSSR count). The van der Waals surface area contributed by atoms with E-state index in [9.17, 15) is 4.79 Å². The highest BCUT2D eigenvalue weighted by molar-refractivity contribution is 5.89. The van der Waals surface area contributed by atoms with Gasteiger partial charge in [0, 0.05) is 12.6 Å². The molecule has 0 amide bonds. The fraction of sp³-hybridized carbons (Fsp3) is 0.381. The number of likely N-dealkylation sites (N-methyl/N-ethyl adjacent to an activating group) is 1. The largest absolute Gasteiger partial charge is 0.451 e. The Labute approximate surface area is 150 Å². The van der Waals surface area contributed by atoms with Crippen LogP contribution in [0.4, 0.5) is 0 Å². The van der Waals surface area contributed by atoms with Crippen LogP contribution in [0.3, 0.4) is 0 Å². The number of carbonyl (C=O) groups excluding carboxylic acids is 1. The molecule has 0 heterocycles. The zero-order valence-electron chi connectivity index (χ0n) is 15.2. The molecule has 0 radical (unpaired) electrons. The predicted molar refractivity (Wildman–Crippen MR) is 99.6 cm³/mol. The molecular formula is C21H27NO3. The van der Waals surface area contributed by atoms with Gasteiger partial charge in [0.25, 0.3) is 0 Å². The van der Waals surface area contributed by atoms with Gasteiger partial charge in [-0.05, 0) is 38.6 Å². The highest BCUT2D eigenvalue weighted by Crippen LogP contribution is 2.19. The van der Waals surface area contributed by atoms with Crippen molar-refractivity contribution in [3.05, 3.63) is 71.8 Å². The average molecular weight is 341 g/mol. The molecule has 25 heavy (non-hydrogen) atoms. The Morgan fingerprint density at radius 3 is 2.20 bits per heavy atom. The van der Waals surface area contributed by atoms with E-state index in [0.29, 0.717) is 24.8 Å². The van der Waals surface area contributed by atoms with Crippen molar-refractivity contribution >= 4 is 5.97 Å². The summed E-state index contributed by atoms with van der Waals surface area (Å²) in [5, 5.41) is 0. The molecule has 2 aromatic carbocycles. The summed E-state index contributed by atoms with van der Waals surface area (Å²) in [5.74, 6) is -0.336. The van der Waals surface area contributed by atoms with E-state index in [1.807, 2.05) is 48.5 Å². The number of hydrogen-bond donors (Lipinski definition) is 0. The second-order valence-electron chi connectivity index (χ2n) is 6.32. The Morgan fingerprint density at radius 2 is 1.60 bits per heavy atom. The molecule has 0 saturated carbocycles. The lowest BCUT2D eigenvalue weighted by molar-refractivity contribution is -0.00879. The SMILES string of the molecule is CC(C)N(C)CCOCC(OC(=O)c1ccccc1)c1ccccc1. The average Bonchev–Trinajstić information content (AvgIpc) is 2.65. The van der Waals surface area contributed by atoms with Crippen molar-refractivity contribution in [1.29, 1.82) is 0 Å². The van der Waals surface area contributed by atoms with Crippen LogP contribution in [0.25, 0.3) is 0 Å². The third-order valence-electron chi connectivity index (χ3n) is 4.17. The molecule has 0 aliphatic carbocycles. The molecule has 4 heteroatoms. The maximum absolute atomic E-state index is 12.4. The van der Waals surface area contributed by atoms with Gasteiger partial charge >= 0.3 is 5.97 Å². The maximum atomic E-state index is 12.4. The van der Waals surface area contributed by atoms with Gasteiger partial charge in [-0.1, -0.05) is 48.5 Å². The van der Waals surface area contributed by atoms with Crippen LogP contribution in [0.2, 0.25) is 0 Å². The van der Waals surface area contributed by atoms with Crippen molar-refractivity contribution in [2.75, 3.05) is 26.8 Å². The number of esters is 1. The van der Waals surface area contributed by atoms with Crippen molar-refractivity contribution < 1.29 is 14.3 Å². The van der Waals surface area contributed by atoms with Crippen LogP contribution in [0, 0.1) is 0 Å². The zero-order valence-corrected chi connectivity index (χ0v) is 15.2. The summed E-state index contributed by atoms with van der Waals surface area (Å²) in [6.07, 6.45) is -0.418. The Morgan fingerprint density at radius 1 is 1.00 bits per heavy atom. The van der Waals surface area contributed by atoms with E-state index >= 15 is 0 Å². The molecular weight excluding hydrogens is 314 g/mol. The van der Waals surface area contributed by atoms with E-state index in [-0.39, 0.29) is 5.97 Å². The number of nitrogens with zero attached hydrogens (tertiary/aromatic N) is 1. The predicted octanol–water partition coefficient (Wildman–Crippen LogP) is 3.94. The number of carbonyl (C=O) groups is 1.